The minimum Gasteiger partial charge on any atom is -0.465 e. The molecule has 0 fully saturated rings. The number of rotatable bonds is 8. The molecular formula is C21H23N5O3S. The Kier molecular flexibility index (Phi) is 7.10. The normalized spacial score (nSPS) is 11.8. The van der Waals surface area contributed by atoms with Crippen molar-refractivity contribution in [1.29, 1.82) is 0 Å². The fourth-order valence-electron chi connectivity index (χ4n) is 2.86. The van der Waals surface area contributed by atoms with Gasteiger partial charge in [-0.05, 0) is 56.4 Å². The van der Waals surface area contributed by atoms with Gasteiger partial charge in [-0.3, -0.25) is 9.78 Å². The van der Waals surface area contributed by atoms with Crippen LogP contribution in [0.2, 0.25) is 0 Å². The Balaban J connectivity index is 1.73. The second-order valence-electron chi connectivity index (χ2n) is 6.94. The van der Waals surface area contributed by atoms with Crippen LogP contribution in [0.4, 0.5) is 9.93 Å². The smallest absolute Gasteiger partial charge is 0.405 e. The summed E-state index contributed by atoms with van der Waals surface area (Å²) in [6.45, 7) is 0.573. The number of hydrogen-bond acceptors (Lipinski definition) is 6. The summed E-state index contributed by atoms with van der Waals surface area (Å²) < 4.78 is 0. The van der Waals surface area contributed by atoms with E-state index in [9.17, 15) is 9.59 Å². The van der Waals surface area contributed by atoms with Crippen molar-refractivity contribution in [2.45, 2.75) is 12.5 Å². The maximum absolute atomic E-state index is 12.6. The molecule has 1 atom stereocenters. The molecule has 2 aromatic heterocycles. The summed E-state index contributed by atoms with van der Waals surface area (Å²) >= 11 is 1.30. The fraction of sp³-hybridized carbons (Fsp3) is 0.238. The summed E-state index contributed by atoms with van der Waals surface area (Å²) in [7, 11) is 3.73. The highest BCUT2D eigenvalue weighted by Gasteiger charge is 2.21. The van der Waals surface area contributed by atoms with Crippen molar-refractivity contribution in [1.82, 2.24) is 20.2 Å². The number of nitrogens with zero attached hydrogens (tertiary/aromatic N) is 3. The van der Waals surface area contributed by atoms with Crippen LogP contribution >= 0.6 is 11.3 Å². The molecule has 1 aromatic carbocycles. The van der Waals surface area contributed by atoms with E-state index in [0.29, 0.717) is 18.1 Å². The average molecular weight is 426 g/mol. The first-order chi connectivity index (χ1) is 14.4. The second kappa shape index (κ2) is 9.95. The quantitative estimate of drug-likeness (QED) is 0.511. The first-order valence-corrected chi connectivity index (χ1v) is 10.2. The number of anilines is 1. The molecule has 0 aliphatic rings. The van der Waals surface area contributed by atoms with E-state index in [2.05, 4.69) is 20.6 Å². The van der Waals surface area contributed by atoms with Crippen LogP contribution in [0.1, 0.15) is 6.42 Å². The van der Waals surface area contributed by atoms with E-state index in [1.54, 1.807) is 12.4 Å². The first-order valence-electron chi connectivity index (χ1n) is 9.34. The van der Waals surface area contributed by atoms with Crippen LogP contribution in [0, 0.1) is 0 Å². The number of aromatic nitrogens is 2. The molecule has 0 spiro atoms. The van der Waals surface area contributed by atoms with Crippen molar-refractivity contribution in [3.63, 3.8) is 0 Å². The van der Waals surface area contributed by atoms with E-state index in [4.69, 9.17) is 5.11 Å². The largest absolute Gasteiger partial charge is 0.465 e. The lowest BCUT2D eigenvalue weighted by Gasteiger charge is -2.18. The molecule has 30 heavy (non-hydrogen) atoms. The van der Waals surface area contributed by atoms with Crippen LogP contribution in [0.5, 0.6) is 0 Å². The van der Waals surface area contributed by atoms with Gasteiger partial charge in [0.2, 0.25) is 5.91 Å². The maximum Gasteiger partial charge on any atom is 0.405 e. The lowest BCUT2D eigenvalue weighted by atomic mass is 10.0. The van der Waals surface area contributed by atoms with Gasteiger partial charge < -0.3 is 20.6 Å². The number of carboxylic acid groups (broad SMARTS) is 1. The predicted molar refractivity (Wildman–Crippen MR) is 118 cm³/mol. The molecule has 0 radical (unpaired) electrons. The molecule has 1 unspecified atom stereocenters. The van der Waals surface area contributed by atoms with Gasteiger partial charge in [0.15, 0.2) is 5.13 Å². The van der Waals surface area contributed by atoms with Crippen molar-refractivity contribution >= 4 is 28.5 Å². The third-order valence-electron chi connectivity index (χ3n) is 4.39. The van der Waals surface area contributed by atoms with Crippen LogP contribution in [-0.2, 0) is 4.79 Å². The second-order valence-corrected chi connectivity index (χ2v) is 7.80. The monoisotopic (exact) mass is 425 g/mol. The molecule has 0 aliphatic carbocycles. The fourth-order valence-corrected chi connectivity index (χ4v) is 3.59. The van der Waals surface area contributed by atoms with Gasteiger partial charge in [0.05, 0.1) is 5.69 Å². The standard InChI is InChI=1S/C21H23N5O3S/c1-26(2)11-8-17(24-21(28)29)19(27)25-20-23-18(13-30-20)16-5-3-4-15(12-16)14-6-9-22-10-7-14/h3-7,9-10,12-13,17,24H,8,11H2,1-2H3,(H,28,29)(H,23,25,27). The number of carbonyl (C=O) groups excluding carboxylic acids is 1. The minimum absolute atomic E-state index is 0.358. The van der Waals surface area contributed by atoms with Crippen molar-refractivity contribution < 1.29 is 14.7 Å². The van der Waals surface area contributed by atoms with E-state index in [-0.39, 0.29) is 0 Å². The molecule has 0 saturated heterocycles. The van der Waals surface area contributed by atoms with Gasteiger partial charge in [-0.15, -0.1) is 11.3 Å². The van der Waals surface area contributed by atoms with Crippen molar-refractivity contribution in [3.05, 3.63) is 54.2 Å². The Morgan fingerprint density at radius 2 is 1.87 bits per heavy atom. The van der Waals surface area contributed by atoms with Gasteiger partial charge in [0.1, 0.15) is 6.04 Å². The van der Waals surface area contributed by atoms with Crippen LogP contribution in [0.15, 0.2) is 54.2 Å². The number of hydrogen-bond donors (Lipinski definition) is 3. The number of benzene rings is 1. The van der Waals surface area contributed by atoms with Crippen LogP contribution in [0.25, 0.3) is 22.4 Å². The van der Waals surface area contributed by atoms with E-state index in [0.717, 1.165) is 22.4 Å². The molecule has 0 aliphatic heterocycles. The zero-order valence-corrected chi connectivity index (χ0v) is 17.5. The minimum atomic E-state index is -1.23. The van der Waals surface area contributed by atoms with Crippen molar-refractivity contribution in [2.75, 3.05) is 26.0 Å². The third-order valence-corrected chi connectivity index (χ3v) is 5.14. The summed E-state index contributed by atoms with van der Waals surface area (Å²) in [6, 6.07) is 11.0. The van der Waals surface area contributed by atoms with E-state index >= 15 is 0 Å². The molecule has 0 saturated carbocycles. The van der Waals surface area contributed by atoms with Gasteiger partial charge >= 0.3 is 6.09 Å². The molecule has 8 nitrogen and oxygen atoms in total. The Morgan fingerprint density at radius 3 is 2.57 bits per heavy atom. The SMILES string of the molecule is CN(C)CCC(NC(=O)O)C(=O)Nc1nc(-c2cccc(-c3ccncc3)c2)cs1. The Bertz CT molecular complexity index is 1010. The molecule has 156 valence electrons. The molecule has 0 bridgehead atoms. The summed E-state index contributed by atoms with van der Waals surface area (Å²) in [5.74, 6) is -0.425. The number of nitrogens with one attached hydrogen (secondary N) is 2. The van der Waals surface area contributed by atoms with Gasteiger partial charge in [-0.25, -0.2) is 9.78 Å². The molecule has 3 N–H and O–H groups in total. The topological polar surface area (TPSA) is 107 Å². The molecule has 2 heterocycles. The van der Waals surface area contributed by atoms with Crippen LogP contribution < -0.4 is 10.6 Å². The molecule has 9 heteroatoms. The number of pyridine rings is 1. The Labute approximate surface area is 178 Å². The van der Waals surface area contributed by atoms with E-state index in [1.165, 1.54) is 11.3 Å². The molecule has 3 aromatic rings. The Hall–Kier alpha value is -3.30. The highest BCUT2D eigenvalue weighted by Crippen LogP contribution is 2.28. The number of thiazole rings is 1. The summed E-state index contributed by atoms with van der Waals surface area (Å²) in [5.41, 5.74) is 3.76. The summed E-state index contributed by atoms with van der Waals surface area (Å²) in [4.78, 5) is 34.0. The first kappa shape index (κ1) is 21.4. The predicted octanol–water partition coefficient (Wildman–Crippen LogP) is 3.40. The maximum atomic E-state index is 12.6. The third kappa shape index (κ3) is 5.85. The van der Waals surface area contributed by atoms with Crippen LogP contribution in [0.3, 0.4) is 0 Å². The highest BCUT2D eigenvalue weighted by molar-refractivity contribution is 7.14. The van der Waals surface area contributed by atoms with Crippen molar-refractivity contribution in [2.24, 2.45) is 0 Å². The zero-order chi connectivity index (χ0) is 21.5. The van der Waals surface area contributed by atoms with Gasteiger partial charge in [0, 0.05) is 23.3 Å². The summed E-state index contributed by atoms with van der Waals surface area (Å²) in [6.07, 6.45) is 2.62. The number of amides is 2. The molecule has 2 amide bonds. The van der Waals surface area contributed by atoms with Crippen LogP contribution in [-0.4, -0.2) is 58.7 Å². The van der Waals surface area contributed by atoms with E-state index < -0.39 is 18.0 Å². The lowest BCUT2D eigenvalue weighted by molar-refractivity contribution is -0.118. The van der Waals surface area contributed by atoms with Gasteiger partial charge in [-0.1, -0.05) is 18.2 Å². The zero-order valence-electron chi connectivity index (χ0n) is 16.7. The van der Waals surface area contributed by atoms with Gasteiger partial charge in [-0.2, -0.15) is 0 Å². The highest BCUT2D eigenvalue weighted by atomic mass is 32.1. The van der Waals surface area contributed by atoms with Gasteiger partial charge in [0.25, 0.3) is 0 Å². The summed E-state index contributed by atoms with van der Waals surface area (Å²) in [5, 5.41) is 16.3. The molecular weight excluding hydrogens is 402 g/mol. The average Bonchev–Trinajstić information content (AvgIpc) is 3.20. The van der Waals surface area contributed by atoms with Crippen molar-refractivity contribution in [3.8, 4) is 22.4 Å². The van der Waals surface area contributed by atoms with E-state index in [1.807, 2.05) is 60.8 Å². The Morgan fingerprint density at radius 1 is 1.13 bits per heavy atom. The lowest BCUT2D eigenvalue weighted by Crippen LogP contribution is -2.44. The number of carbonyl (C=O) groups is 2. The molecule has 3 rings (SSSR count).